The molecule has 1 heterocycles. The number of amides is 2. The van der Waals surface area contributed by atoms with Gasteiger partial charge < -0.3 is 9.73 Å². The highest BCUT2D eigenvalue weighted by Gasteiger charge is 2.19. The number of rotatable bonds is 5. The number of furan rings is 1. The first kappa shape index (κ1) is 18.8. The Morgan fingerprint density at radius 1 is 1.11 bits per heavy atom. The summed E-state index contributed by atoms with van der Waals surface area (Å²) in [5.41, 5.74) is 5.08. The Morgan fingerprint density at radius 3 is 2.54 bits per heavy atom. The van der Waals surface area contributed by atoms with Gasteiger partial charge in [-0.05, 0) is 55.3 Å². The van der Waals surface area contributed by atoms with Gasteiger partial charge in [-0.3, -0.25) is 10.1 Å². The van der Waals surface area contributed by atoms with Crippen LogP contribution < -0.4 is 10.7 Å². The number of carbonyl (C=O) groups is 1. The van der Waals surface area contributed by atoms with Gasteiger partial charge in [0.1, 0.15) is 11.5 Å². The SMILES string of the molecule is Cc1cc(-c2ccc(/C=N\NC(=O)Nc3ccccc3)o2)c([N+](=O)[O-])cc1C. The van der Waals surface area contributed by atoms with E-state index in [2.05, 4.69) is 15.8 Å². The van der Waals surface area contributed by atoms with Gasteiger partial charge in [0.15, 0.2) is 0 Å². The van der Waals surface area contributed by atoms with E-state index in [-0.39, 0.29) is 5.69 Å². The zero-order valence-electron chi connectivity index (χ0n) is 15.3. The summed E-state index contributed by atoms with van der Waals surface area (Å²) in [7, 11) is 0. The van der Waals surface area contributed by atoms with Crippen LogP contribution in [0, 0.1) is 24.0 Å². The van der Waals surface area contributed by atoms with Gasteiger partial charge in [0.25, 0.3) is 5.69 Å². The van der Waals surface area contributed by atoms with Crippen molar-refractivity contribution >= 4 is 23.6 Å². The molecule has 2 aromatic carbocycles. The van der Waals surface area contributed by atoms with Crippen LogP contribution in [0.4, 0.5) is 16.2 Å². The minimum atomic E-state index is -0.501. The van der Waals surface area contributed by atoms with Crippen LogP contribution in [-0.4, -0.2) is 17.2 Å². The highest BCUT2D eigenvalue weighted by atomic mass is 16.6. The van der Waals surface area contributed by atoms with Crippen LogP contribution in [0.1, 0.15) is 16.9 Å². The molecular weight excluding hydrogens is 360 g/mol. The fraction of sp³-hybridized carbons (Fsp3) is 0.100. The van der Waals surface area contributed by atoms with Crippen LogP contribution in [0.2, 0.25) is 0 Å². The lowest BCUT2D eigenvalue weighted by atomic mass is 10.0. The number of hydrogen-bond acceptors (Lipinski definition) is 5. The number of para-hydroxylation sites is 1. The molecule has 0 aliphatic heterocycles. The zero-order valence-corrected chi connectivity index (χ0v) is 15.3. The molecule has 0 bridgehead atoms. The molecule has 0 aliphatic carbocycles. The van der Waals surface area contributed by atoms with E-state index in [1.165, 1.54) is 12.3 Å². The second kappa shape index (κ2) is 8.17. The number of hydrazone groups is 1. The molecule has 0 aliphatic rings. The summed E-state index contributed by atoms with van der Waals surface area (Å²) in [6.45, 7) is 3.70. The third kappa shape index (κ3) is 4.42. The molecule has 0 saturated carbocycles. The Hall–Kier alpha value is -3.94. The third-order valence-electron chi connectivity index (χ3n) is 4.09. The molecule has 0 fully saturated rings. The normalized spacial score (nSPS) is 10.8. The zero-order chi connectivity index (χ0) is 20.1. The van der Waals surface area contributed by atoms with Gasteiger partial charge in [0.05, 0.1) is 16.7 Å². The molecule has 2 amide bonds. The van der Waals surface area contributed by atoms with E-state index in [1.54, 1.807) is 42.5 Å². The van der Waals surface area contributed by atoms with E-state index in [4.69, 9.17) is 4.42 Å². The topological polar surface area (TPSA) is 110 Å². The van der Waals surface area contributed by atoms with E-state index in [0.29, 0.717) is 22.8 Å². The van der Waals surface area contributed by atoms with Crippen molar-refractivity contribution in [2.24, 2.45) is 5.10 Å². The summed E-state index contributed by atoms with van der Waals surface area (Å²) in [5, 5.41) is 17.8. The molecule has 8 heteroatoms. The van der Waals surface area contributed by atoms with Gasteiger partial charge in [-0.15, -0.1) is 0 Å². The molecule has 3 aromatic rings. The lowest BCUT2D eigenvalue weighted by Gasteiger charge is -2.05. The minimum absolute atomic E-state index is 0.0266. The van der Waals surface area contributed by atoms with Crippen molar-refractivity contribution in [1.82, 2.24) is 5.43 Å². The van der Waals surface area contributed by atoms with Crippen LogP contribution >= 0.6 is 0 Å². The lowest BCUT2D eigenvalue weighted by molar-refractivity contribution is -0.384. The van der Waals surface area contributed by atoms with Crippen molar-refractivity contribution in [2.45, 2.75) is 13.8 Å². The highest BCUT2D eigenvalue weighted by molar-refractivity contribution is 5.90. The van der Waals surface area contributed by atoms with Crippen LogP contribution in [0.25, 0.3) is 11.3 Å². The van der Waals surface area contributed by atoms with E-state index >= 15 is 0 Å². The Bertz CT molecular complexity index is 1040. The van der Waals surface area contributed by atoms with Crippen molar-refractivity contribution in [1.29, 1.82) is 0 Å². The average Bonchev–Trinajstić information content (AvgIpc) is 3.13. The molecule has 142 valence electrons. The summed E-state index contributed by atoms with van der Waals surface area (Å²) in [5.74, 6) is 0.701. The molecule has 8 nitrogen and oxygen atoms in total. The Labute approximate surface area is 161 Å². The molecule has 0 radical (unpaired) electrons. The largest absolute Gasteiger partial charge is 0.455 e. The number of anilines is 1. The quantitative estimate of drug-likeness (QED) is 0.383. The third-order valence-corrected chi connectivity index (χ3v) is 4.09. The number of hydrogen-bond donors (Lipinski definition) is 2. The van der Waals surface area contributed by atoms with Crippen molar-refractivity contribution < 1.29 is 14.1 Å². The van der Waals surface area contributed by atoms with E-state index in [1.807, 2.05) is 19.9 Å². The number of urea groups is 1. The number of nitro benzene ring substituents is 1. The van der Waals surface area contributed by atoms with Gasteiger partial charge in [-0.25, -0.2) is 10.2 Å². The molecule has 0 atom stereocenters. The molecule has 0 unspecified atom stereocenters. The molecule has 3 rings (SSSR count). The second-order valence-corrected chi connectivity index (χ2v) is 6.10. The van der Waals surface area contributed by atoms with E-state index in [9.17, 15) is 14.9 Å². The van der Waals surface area contributed by atoms with Gasteiger partial charge >= 0.3 is 6.03 Å². The molecule has 28 heavy (non-hydrogen) atoms. The van der Waals surface area contributed by atoms with Crippen molar-refractivity contribution in [3.63, 3.8) is 0 Å². The van der Waals surface area contributed by atoms with Gasteiger partial charge in [-0.2, -0.15) is 5.10 Å². The maximum Gasteiger partial charge on any atom is 0.339 e. The van der Waals surface area contributed by atoms with Gasteiger partial charge in [-0.1, -0.05) is 18.2 Å². The average molecular weight is 378 g/mol. The molecule has 0 saturated heterocycles. The number of nitro groups is 1. The first-order chi connectivity index (χ1) is 13.4. The van der Waals surface area contributed by atoms with Crippen LogP contribution in [-0.2, 0) is 0 Å². The number of aryl methyl sites for hydroxylation is 2. The number of nitrogens with one attached hydrogen (secondary N) is 2. The number of carbonyl (C=O) groups excluding carboxylic acids is 1. The van der Waals surface area contributed by atoms with Crippen LogP contribution in [0.15, 0.2) is 64.1 Å². The standard InChI is InChI=1S/C20H18N4O4/c1-13-10-17(18(24(26)27)11-14(13)2)19-9-8-16(28-19)12-21-23-20(25)22-15-6-4-3-5-7-15/h3-12H,1-2H3,(H2,22,23,25)/b21-12-. The maximum absolute atomic E-state index is 11.8. The van der Waals surface area contributed by atoms with Gasteiger partial charge in [0, 0.05) is 11.8 Å². The van der Waals surface area contributed by atoms with E-state index < -0.39 is 11.0 Å². The van der Waals surface area contributed by atoms with Crippen LogP contribution in [0.3, 0.4) is 0 Å². The predicted molar refractivity (Wildman–Crippen MR) is 106 cm³/mol. The first-order valence-electron chi connectivity index (χ1n) is 8.45. The fourth-order valence-electron chi connectivity index (χ4n) is 2.55. The highest BCUT2D eigenvalue weighted by Crippen LogP contribution is 2.33. The maximum atomic E-state index is 11.8. The summed E-state index contributed by atoms with van der Waals surface area (Å²) in [4.78, 5) is 22.7. The van der Waals surface area contributed by atoms with Gasteiger partial charge in [0.2, 0.25) is 0 Å². The molecular formula is C20H18N4O4. The van der Waals surface area contributed by atoms with E-state index in [0.717, 1.165) is 11.1 Å². The van der Waals surface area contributed by atoms with Crippen molar-refractivity contribution in [2.75, 3.05) is 5.32 Å². The van der Waals surface area contributed by atoms with Crippen molar-refractivity contribution in [3.05, 3.63) is 81.6 Å². The second-order valence-electron chi connectivity index (χ2n) is 6.10. The monoisotopic (exact) mass is 378 g/mol. The lowest BCUT2D eigenvalue weighted by Crippen LogP contribution is -2.24. The Kier molecular flexibility index (Phi) is 5.50. The molecule has 2 N–H and O–H groups in total. The summed E-state index contributed by atoms with van der Waals surface area (Å²) >= 11 is 0. The summed E-state index contributed by atoms with van der Waals surface area (Å²) in [6.07, 6.45) is 1.32. The summed E-state index contributed by atoms with van der Waals surface area (Å²) in [6, 6.07) is 14.9. The fourth-order valence-corrected chi connectivity index (χ4v) is 2.55. The molecule has 1 aromatic heterocycles. The smallest absolute Gasteiger partial charge is 0.339 e. The Morgan fingerprint density at radius 2 is 1.82 bits per heavy atom. The minimum Gasteiger partial charge on any atom is -0.455 e. The van der Waals surface area contributed by atoms with Crippen LogP contribution in [0.5, 0.6) is 0 Å². The molecule has 0 spiro atoms. The first-order valence-corrected chi connectivity index (χ1v) is 8.45. The summed E-state index contributed by atoms with van der Waals surface area (Å²) < 4.78 is 5.63. The number of nitrogens with zero attached hydrogens (tertiary/aromatic N) is 2. The predicted octanol–water partition coefficient (Wildman–Crippen LogP) is 4.63. The Balaban J connectivity index is 1.71. The van der Waals surface area contributed by atoms with Crippen molar-refractivity contribution in [3.8, 4) is 11.3 Å². The number of benzene rings is 2.